The van der Waals surface area contributed by atoms with Gasteiger partial charge in [-0.05, 0) is 175 Å². The molecule has 0 fully saturated rings. The number of carbonyl (C=O) groups is 4. The van der Waals surface area contributed by atoms with E-state index in [2.05, 4.69) is 48.6 Å². The summed E-state index contributed by atoms with van der Waals surface area (Å²) in [7, 11) is 0. The normalized spacial score (nSPS) is 12.7. The SMILES string of the molecule is C=C(N)c1cc(-c2cccnc2[C@@H](CC(=O)Cn2nc(C(F)(F)F)c3c2CCC3=O)Cc2cc(F)cc(F)c2)ccc1F.C=C(N)c1cc(-c2cccnc2[C@@H](CC(=O)Cn2nc(C(F)F)c(C)c2C(F)F)Cc2cc(F)cc(F)c2)ccc1F.Cc1ccc(-c2cccnc2[C@H](Cc2cc(F)cc(F)c2)NC(=O)Cc2c[nH]c3ccc(CN)cc23)cc1. The van der Waals surface area contributed by atoms with Crippen LogP contribution in [0.1, 0.15) is 150 Å². The molecule has 0 spiro atoms. The molecule has 13 aromatic rings. The van der Waals surface area contributed by atoms with Gasteiger partial charge < -0.3 is 27.5 Å². The second-order valence-corrected chi connectivity index (χ2v) is 29.5. The summed E-state index contributed by atoms with van der Waals surface area (Å²) < 4.78 is 209. The van der Waals surface area contributed by atoms with Crippen molar-refractivity contribution >= 4 is 45.6 Å². The number of aromatic amines is 1. The Morgan fingerprint density at radius 1 is 0.528 bits per heavy atom. The number of nitrogens with zero attached hydrogens (tertiary/aromatic N) is 7. The van der Waals surface area contributed by atoms with Crippen molar-refractivity contribution < 1.29 is 85.0 Å². The second kappa shape index (κ2) is 38.4. The van der Waals surface area contributed by atoms with E-state index in [9.17, 15) is 85.0 Å². The molecule has 6 aromatic heterocycles. The van der Waals surface area contributed by atoms with Gasteiger partial charge in [-0.15, -0.1) is 0 Å². The van der Waals surface area contributed by atoms with Crippen molar-refractivity contribution in [3.63, 3.8) is 0 Å². The molecular formula is C92H77F15N12O4. The van der Waals surface area contributed by atoms with E-state index >= 15 is 0 Å². The smallest absolute Gasteiger partial charge is 0.399 e. The number of hydrogen-bond acceptors (Lipinski definition) is 12. The van der Waals surface area contributed by atoms with Crippen LogP contribution in [0.25, 0.3) is 55.7 Å². The van der Waals surface area contributed by atoms with Gasteiger partial charge in [0.1, 0.15) is 64.5 Å². The number of amides is 1. The maximum absolute atomic E-state index is 14.4. The van der Waals surface area contributed by atoms with Crippen LogP contribution < -0.4 is 22.5 Å². The minimum atomic E-state index is -4.88. The molecule has 0 bridgehead atoms. The number of pyridine rings is 3. The van der Waals surface area contributed by atoms with Gasteiger partial charge in [0.25, 0.3) is 12.9 Å². The van der Waals surface area contributed by atoms with Gasteiger partial charge in [0.2, 0.25) is 5.91 Å². The number of carbonyl (C=O) groups excluding carboxylic acids is 4. The van der Waals surface area contributed by atoms with E-state index in [1.165, 1.54) is 60.9 Å². The van der Waals surface area contributed by atoms with Crippen molar-refractivity contribution in [3.05, 3.63) is 350 Å². The summed E-state index contributed by atoms with van der Waals surface area (Å²) in [6.45, 7) is 9.32. The summed E-state index contributed by atoms with van der Waals surface area (Å²) in [4.78, 5) is 68.9. The zero-order valence-corrected chi connectivity index (χ0v) is 65.7. The van der Waals surface area contributed by atoms with E-state index in [-0.39, 0.29) is 102 Å². The summed E-state index contributed by atoms with van der Waals surface area (Å²) in [6, 6.07) is 40.9. The molecular weight excluding hydrogens is 1620 g/mol. The standard InChI is InChI=1S/C31H24F6N4O2.C31H28F2N4O.C30H25F7N4O/c1-16(38)24-13-18(4-5-25(24)34)23-3-2-8-39-29(23)19(9-17-10-20(32)14-21(33)11-17)12-22(42)15-41-26-6-7-27(43)28(26)30(40-41)31(35,36)37;1-19-4-7-22(8-5-19)26-3-2-10-35-31(26)29(14-21-11-24(32)16-25(33)12-21)37-30(38)15-23-18-36-28-9-6-20(17-34)13-27(23)28;1-15-26(29(34)35)40-41(28(15)30(36)37)14-22(42)11-19(8-17-9-20(31)13-21(32)10-17)27-23(4-3-7-39-27)18-5-6-25(33)24(12-18)16(2)38/h2-5,8,10-11,13-14,19H,1,6-7,9,12,15,38H2;2-13,16,18,29,36H,14-15,17,34H2,1H3,(H,37,38);3-7,9-10,12-13,19,29-30H,2,8,11,14,38H2,1H3/t19-;29-;19-/m101/s1. The first-order chi connectivity index (χ1) is 58.6. The Morgan fingerprint density at radius 3 is 1.46 bits per heavy atom. The molecule has 6 heterocycles. The highest BCUT2D eigenvalue weighted by molar-refractivity contribution is 6.01. The molecule has 0 unspecified atom stereocenters. The molecule has 3 atom stereocenters. The van der Waals surface area contributed by atoms with E-state index in [0.29, 0.717) is 62.6 Å². The van der Waals surface area contributed by atoms with Crippen molar-refractivity contribution in [1.29, 1.82) is 0 Å². The maximum atomic E-state index is 14.4. The highest BCUT2D eigenvalue weighted by Crippen LogP contribution is 2.41. The number of nitrogens with two attached hydrogens (primary N) is 3. The molecule has 16 nitrogen and oxygen atoms in total. The van der Waals surface area contributed by atoms with E-state index in [0.717, 1.165) is 80.7 Å². The third-order valence-corrected chi connectivity index (χ3v) is 20.6. The lowest BCUT2D eigenvalue weighted by Crippen LogP contribution is -2.32. The number of fused-ring (bicyclic) bond motifs is 2. The zero-order valence-electron chi connectivity index (χ0n) is 65.7. The summed E-state index contributed by atoms with van der Waals surface area (Å²) in [5.74, 6) is -9.75. The predicted molar refractivity (Wildman–Crippen MR) is 433 cm³/mol. The zero-order chi connectivity index (χ0) is 88.4. The van der Waals surface area contributed by atoms with Gasteiger partial charge in [0.05, 0.1) is 47.3 Å². The van der Waals surface area contributed by atoms with Gasteiger partial charge in [-0.25, -0.2) is 52.7 Å². The summed E-state index contributed by atoms with van der Waals surface area (Å²) in [5.41, 5.74) is 22.9. The number of hydrogen-bond donors (Lipinski definition) is 5. The second-order valence-electron chi connectivity index (χ2n) is 29.5. The summed E-state index contributed by atoms with van der Waals surface area (Å²) >= 11 is 0. The number of aryl methyl sites for hydroxylation is 1. The minimum Gasteiger partial charge on any atom is -0.399 e. The molecule has 1 aliphatic rings. The van der Waals surface area contributed by atoms with Crippen LogP contribution in [0.4, 0.5) is 65.9 Å². The van der Waals surface area contributed by atoms with E-state index < -0.39 is 142 Å². The van der Waals surface area contributed by atoms with Gasteiger partial charge in [-0.3, -0.25) is 43.5 Å². The number of nitrogens with one attached hydrogen (secondary N) is 2. The molecule has 123 heavy (non-hydrogen) atoms. The first-order valence-electron chi connectivity index (χ1n) is 38.3. The fourth-order valence-corrected chi connectivity index (χ4v) is 15.1. The molecule has 0 saturated carbocycles. The van der Waals surface area contributed by atoms with Crippen molar-refractivity contribution in [1.82, 2.24) is 44.8 Å². The molecule has 31 heteroatoms. The Labute approximate surface area is 694 Å². The number of ketones is 3. The Hall–Kier alpha value is -13.6. The Balaban J connectivity index is 0.000000169. The molecule has 7 aromatic carbocycles. The van der Waals surface area contributed by atoms with Crippen LogP contribution >= 0.6 is 0 Å². The number of halogens is 15. The van der Waals surface area contributed by atoms with Crippen molar-refractivity contribution in [3.8, 4) is 33.4 Å². The van der Waals surface area contributed by atoms with Crippen molar-refractivity contribution in [2.75, 3.05) is 0 Å². The lowest BCUT2D eigenvalue weighted by Gasteiger charge is -2.22. The van der Waals surface area contributed by atoms with Crippen molar-refractivity contribution in [2.24, 2.45) is 17.2 Å². The van der Waals surface area contributed by atoms with Gasteiger partial charge >= 0.3 is 6.18 Å². The monoisotopic (exact) mass is 1700 g/mol. The quantitative estimate of drug-likeness (QED) is 0.0287. The largest absolute Gasteiger partial charge is 0.435 e. The lowest BCUT2D eigenvalue weighted by atomic mass is 9.86. The summed E-state index contributed by atoms with van der Waals surface area (Å²) in [6.07, 6.45) is -5.50. The fraction of sp³-hybridized carbons (Fsp3) is 0.207. The Bertz CT molecular complexity index is 6100. The Morgan fingerprint density at radius 2 is 0.992 bits per heavy atom. The van der Waals surface area contributed by atoms with Gasteiger partial charge in [-0.1, -0.05) is 79.4 Å². The highest BCUT2D eigenvalue weighted by Gasteiger charge is 2.44. The number of H-pyrrole nitrogens is 1. The molecule has 0 aliphatic heterocycles. The third-order valence-electron chi connectivity index (χ3n) is 20.6. The average Bonchev–Trinajstić information content (AvgIpc) is 1.61. The van der Waals surface area contributed by atoms with Crippen molar-refractivity contribution in [2.45, 2.75) is 122 Å². The van der Waals surface area contributed by atoms with E-state index in [1.54, 1.807) is 30.5 Å². The first kappa shape index (κ1) is 88.7. The topological polar surface area (TPSA) is 248 Å². The highest BCUT2D eigenvalue weighted by atomic mass is 19.4. The van der Waals surface area contributed by atoms with Crippen LogP contribution in [0.3, 0.4) is 0 Å². The molecule has 634 valence electrons. The molecule has 0 radical (unpaired) electrons. The average molecular weight is 1700 g/mol. The maximum Gasteiger partial charge on any atom is 0.435 e. The molecule has 1 amide bonds. The Kier molecular flexibility index (Phi) is 27.7. The van der Waals surface area contributed by atoms with E-state index in [4.69, 9.17) is 17.2 Å². The number of rotatable bonds is 28. The van der Waals surface area contributed by atoms with Gasteiger partial charge in [0.15, 0.2) is 23.0 Å². The number of aromatic nitrogens is 8. The van der Waals surface area contributed by atoms with Crippen LogP contribution in [0.5, 0.6) is 0 Å². The minimum absolute atomic E-state index is 0.0141. The van der Waals surface area contributed by atoms with Crippen LogP contribution in [0, 0.1) is 60.4 Å². The van der Waals surface area contributed by atoms with Crippen LogP contribution in [-0.2, 0) is 72.3 Å². The van der Waals surface area contributed by atoms with Crippen LogP contribution in [0.15, 0.2) is 208 Å². The molecule has 14 rings (SSSR count). The van der Waals surface area contributed by atoms with Gasteiger partial charge in [0, 0.05) is 136 Å². The molecule has 0 saturated heterocycles. The number of benzene rings is 7. The van der Waals surface area contributed by atoms with Gasteiger partial charge in [-0.2, -0.15) is 23.4 Å². The van der Waals surface area contributed by atoms with Crippen LogP contribution in [0.2, 0.25) is 0 Å². The fourth-order valence-electron chi connectivity index (χ4n) is 15.1. The molecule has 1 aliphatic carbocycles. The predicted octanol–water partition coefficient (Wildman–Crippen LogP) is 19.8. The number of Topliss-reactive ketones (excluding diaryl/α,β-unsaturated/α-hetero) is 3. The lowest BCUT2D eigenvalue weighted by molar-refractivity contribution is -0.142. The van der Waals surface area contributed by atoms with Crippen LogP contribution in [-0.4, -0.2) is 62.8 Å². The summed E-state index contributed by atoms with van der Waals surface area (Å²) in [5, 5.41) is 11.1. The molecule has 8 N–H and O–H groups in total. The van der Waals surface area contributed by atoms with E-state index in [1.807, 2.05) is 67.7 Å². The number of alkyl halides is 7. The third kappa shape index (κ3) is 21.6. The first-order valence-corrected chi connectivity index (χ1v) is 38.3.